The third-order valence-electron chi connectivity index (χ3n) is 5.05. The van der Waals surface area contributed by atoms with Gasteiger partial charge >= 0.3 is 0 Å². The molecule has 4 rings (SSSR count). The van der Waals surface area contributed by atoms with Crippen LogP contribution in [-0.2, 0) is 20.1 Å². The van der Waals surface area contributed by atoms with Crippen LogP contribution in [0, 0.1) is 0 Å². The monoisotopic (exact) mass is 352 g/mol. The number of aromatic hydroxyl groups is 1. The summed E-state index contributed by atoms with van der Waals surface area (Å²) in [5.74, 6) is 2.68. The summed E-state index contributed by atoms with van der Waals surface area (Å²) in [6.07, 6.45) is 5.98. The Hall–Kier alpha value is -2.67. The summed E-state index contributed by atoms with van der Waals surface area (Å²) < 4.78 is 3.98. The number of piperidine rings is 1. The van der Waals surface area contributed by atoms with E-state index in [1.165, 1.54) is 0 Å². The Morgan fingerprint density at radius 3 is 2.92 bits per heavy atom. The van der Waals surface area contributed by atoms with E-state index in [1.807, 2.05) is 36.1 Å². The van der Waals surface area contributed by atoms with Gasteiger partial charge in [-0.25, -0.2) is 0 Å². The van der Waals surface area contributed by atoms with Crippen LogP contribution in [0.3, 0.4) is 0 Å². The largest absolute Gasteiger partial charge is 0.508 e. The van der Waals surface area contributed by atoms with Gasteiger partial charge in [0.05, 0.1) is 0 Å². The van der Waals surface area contributed by atoms with Crippen molar-refractivity contribution in [3.05, 3.63) is 59.9 Å². The molecule has 1 aliphatic heterocycles. The molecule has 1 unspecified atom stereocenters. The summed E-state index contributed by atoms with van der Waals surface area (Å²) in [7, 11) is 2.04. The van der Waals surface area contributed by atoms with Gasteiger partial charge in [-0.05, 0) is 43.1 Å². The van der Waals surface area contributed by atoms with Crippen molar-refractivity contribution in [1.82, 2.24) is 29.4 Å². The van der Waals surface area contributed by atoms with E-state index in [0.29, 0.717) is 18.2 Å². The van der Waals surface area contributed by atoms with Gasteiger partial charge in [-0.2, -0.15) is 5.10 Å². The average Bonchev–Trinajstić information content (AvgIpc) is 3.26. The third kappa shape index (κ3) is 3.62. The third-order valence-corrected chi connectivity index (χ3v) is 5.05. The van der Waals surface area contributed by atoms with E-state index < -0.39 is 0 Å². The Morgan fingerprint density at radius 2 is 2.12 bits per heavy atom. The lowest BCUT2D eigenvalue weighted by Crippen LogP contribution is -2.34. The molecule has 0 spiro atoms. The minimum Gasteiger partial charge on any atom is -0.508 e. The van der Waals surface area contributed by atoms with Crippen molar-refractivity contribution in [2.45, 2.75) is 31.8 Å². The molecule has 1 atom stereocenters. The molecule has 0 saturated carbocycles. The Kier molecular flexibility index (Phi) is 4.71. The van der Waals surface area contributed by atoms with E-state index in [-0.39, 0.29) is 0 Å². The zero-order chi connectivity index (χ0) is 17.9. The van der Waals surface area contributed by atoms with Crippen LogP contribution >= 0.6 is 0 Å². The second kappa shape index (κ2) is 7.29. The van der Waals surface area contributed by atoms with Crippen LogP contribution in [0.15, 0.2) is 42.7 Å². The minimum absolute atomic E-state index is 0.327. The van der Waals surface area contributed by atoms with Crippen LogP contribution in [0.5, 0.6) is 5.75 Å². The number of hydrogen-bond donors (Lipinski definition) is 1. The molecule has 0 radical (unpaired) electrons. The van der Waals surface area contributed by atoms with E-state index in [1.54, 1.807) is 12.3 Å². The van der Waals surface area contributed by atoms with Crippen molar-refractivity contribution in [2.24, 2.45) is 7.05 Å². The Bertz CT molecular complexity index is 857. The van der Waals surface area contributed by atoms with Crippen molar-refractivity contribution < 1.29 is 5.11 Å². The van der Waals surface area contributed by atoms with Gasteiger partial charge < -0.3 is 9.67 Å². The summed E-state index contributed by atoms with van der Waals surface area (Å²) in [6, 6.07) is 9.43. The highest BCUT2D eigenvalue weighted by Gasteiger charge is 2.26. The smallest absolute Gasteiger partial charge is 0.154 e. The summed E-state index contributed by atoms with van der Waals surface area (Å²) in [5.41, 5.74) is 1.14. The first-order valence-corrected chi connectivity index (χ1v) is 9.05. The number of rotatable bonds is 5. The maximum absolute atomic E-state index is 9.67. The fourth-order valence-corrected chi connectivity index (χ4v) is 3.73. The Balaban J connectivity index is 1.45. The predicted octanol–water partition coefficient (Wildman–Crippen LogP) is 2.15. The number of likely N-dealkylation sites (tertiary alicyclic amines) is 1. The first-order chi connectivity index (χ1) is 12.7. The van der Waals surface area contributed by atoms with Crippen LogP contribution in [0.1, 0.15) is 36.0 Å². The number of nitrogens with zero attached hydrogens (tertiary/aromatic N) is 6. The molecule has 3 heterocycles. The lowest BCUT2D eigenvalue weighted by Gasteiger charge is -2.32. The van der Waals surface area contributed by atoms with E-state index in [9.17, 15) is 5.11 Å². The fourth-order valence-electron chi connectivity index (χ4n) is 3.73. The topological polar surface area (TPSA) is 72.0 Å². The zero-order valence-corrected chi connectivity index (χ0v) is 15.0. The number of hydrogen-bond acceptors (Lipinski definition) is 5. The number of phenols is 1. The zero-order valence-electron chi connectivity index (χ0n) is 15.0. The van der Waals surface area contributed by atoms with Crippen molar-refractivity contribution in [1.29, 1.82) is 0 Å². The minimum atomic E-state index is 0.327. The van der Waals surface area contributed by atoms with Gasteiger partial charge in [0.1, 0.15) is 18.1 Å². The van der Waals surface area contributed by atoms with Crippen molar-refractivity contribution in [3.63, 3.8) is 0 Å². The normalized spacial score (nSPS) is 18.3. The maximum atomic E-state index is 9.67. The molecular formula is C19H24N6O. The quantitative estimate of drug-likeness (QED) is 0.762. The van der Waals surface area contributed by atoms with E-state index in [2.05, 4.69) is 30.8 Å². The molecule has 7 heteroatoms. The molecule has 1 saturated heterocycles. The fraction of sp³-hybridized carbons (Fsp3) is 0.421. The predicted molar refractivity (Wildman–Crippen MR) is 97.7 cm³/mol. The number of phenolic OH excluding ortho intramolecular Hbond substituents is 1. The Labute approximate surface area is 152 Å². The lowest BCUT2D eigenvalue weighted by atomic mass is 9.96. The van der Waals surface area contributed by atoms with Gasteiger partial charge in [0.15, 0.2) is 5.82 Å². The Morgan fingerprint density at radius 1 is 1.19 bits per heavy atom. The van der Waals surface area contributed by atoms with Crippen LogP contribution in [0.4, 0.5) is 0 Å². The van der Waals surface area contributed by atoms with E-state index in [4.69, 9.17) is 0 Å². The summed E-state index contributed by atoms with van der Waals surface area (Å²) in [6.45, 7) is 3.52. The summed E-state index contributed by atoms with van der Waals surface area (Å²) >= 11 is 0. The van der Waals surface area contributed by atoms with E-state index >= 15 is 0 Å². The molecule has 26 heavy (non-hydrogen) atoms. The van der Waals surface area contributed by atoms with Crippen LogP contribution in [0.25, 0.3) is 0 Å². The molecule has 1 aliphatic rings. The molecule has 2 aromatic heterocycles. The molecule has 7 nitrogen and oxygen atoms in total. The van der Waals surface area contributed by atoms with Gasteiger partial charge in [-0.15, -0.1) is 10.2 Å². The maximum Gasteiger partial charge on any atom is 0.154 e. The number of benzene rings is 1. The highest BCUT2D eigenvalue weighted by Crippen LogP contribution is 2.27. The van der Waals surface area contributed by atoms with Crippen LogP contribution in [0.2, 0.25) is 0 Å². The van der Waals surface area contributed by atoms with Crippen LogP contribution in [-0.4, -0.2) is 47.6 Å². The van der Waals surface area contributed by atoms with E-state index in [0.717, 1.165) is 49.7 Å². The van der Waals surface area contributed by atoms with Gasteiger partial charge in [0, 0.05) is 38.4 Å². The van der Waals surface area contributed by atoms with Crippen molar-refractivity contribution in [2.75, 3.05) is 13.1 Å². The molecular weight excluding hydrogens is 328 g/mol. The first kappa shape index (κ1) is 16.8. The molecule has 136 valence electrons. The van der Waals surface area contributed by atoms with Gasteiger partial charge in [0.2, 0.25) is 0 Å². The SMILES string of the molecule is Cn1c(Cn2cccn2)nnc1C1CCCN(Cc2cccc(O)c2)C1. The van der Waals surface area contributed by atoms with Crippen molar-refractivity contribution in [3.8, 4) is 5.75 Å². The molecule has 0 aliphatic carbocycles. The summed E-state index contributed by atoms with van der Waals surface area (Å²) in [4.78, 5) is 2.44. The highest BCUT2D eigenvalue weighted by molar-refractivity contribution is 5.27. The molecule has 1 N–H and O–H groups in total. The average molecular weight is 352 g/mol. The summed E-state index contributed by atoms with van der Waals surface area (Å²) in [5, 5.41) is 22.8. The second-order valence-corrected chi connectivity index (χ2v) is 6.98. The second-order valence-electron chi connectivity index (χ2n) is 6.98. The van der Waals surface area contributed by atoms with Crippen molar-refractivity contribution >= 4 is 0 Å². The molecule has 1 fully saturated rings. The molecule has 0 amide bonds. The standard InChI is InChI=1S/C19H24N6O/c1-23-18(14-25-10-4-8-20-25)21-22-19(23)16-6-3-9-24(13-16)12-15-5-2-7-17(26)11-15/h2,4-5,7-8,10-11,16,26H,3,6,9,12-14H2,1H3. The van der Waals surface area contributed by atoms with Gasteiger partial charge in [0.25, 0.3) is 0 Å². The lowest BCUT2D eigenvalue weighted by molar-refractivity contribution is 0.195. The van der Waals surface area contributed by atoms with Gasteiger partial charge in [-0.1, -0.05) is 12.1 Å². The molecule has 0 bridgehead atoms. The van der Waals surface area contributed by atoms with Crippen LogP contribution < -0.4 is 0 Å². The first-order valence-electron chi connectivity index (χ1n) is 9.05. The number of aromatic nitrogens is 5. The van der Waals surface area contributed by atoms with Gasteiger partial charge in [-0.3, -0.25) is 9.58 Å². The molecule has 3 aromatic rings. The highest BCUT2D eigenvalue weighted by atomic mass is 16.3. The molecule has 1 aromatic carbocycles.